The molecule has 0 aliphatic heterocycles. The van der Waals surface area contributed by atoms with Gasteiger partial charge in [0.25, 0.3) is 12.4 Å². The molecular formula is C24H21F2N3O3. The van der Waals surface area contributed by atoms with E-state index < -0.39 is 12.3 Å². The Bertz CT molecular complexity index is 1090. The van der Waals surface area contributed by atoms with Gasteiger partial charge in [-0.3, -0.25) is 4.79 Å². The third-order valence-electron chi connectivity index (χ3n) is 4.37. The molecule has 0 amide bonds. The molecule has 0 N–H and O–H groups in total. The average molecular weight is 437 g/mol. The number of para-hydroxylation sites is 2. The number of halogens is 2. The predicted molar refractivity (Wildman–Crippen MR) is 116 cm³/mol. The van der Waals surface area contributed by atoms with Crippen LogP contribution in [-0.4, -0.2) is 23.7 Å². The van der Waals surface area contributed by atoms with Gasteiger partial charge in [0, 0.05) is 24.8 Å². The number of hydrogen-bond donors (Lipinski definition) is 0. The highest BCUT2D eigenvalue weighted by atomic mass is 19.3. The number of benzene rings is 3. The van der Waals surface area contributed by atoms with Crippen molar-refractivity contribution in [2.24, 2.45) is 0 Å². The smallest absolute Gasteiger partial charge is 0.314 e. The third-order valence-corrected chi connectivity index (χ3v) is 4.37. The highest BCUT2D eigenvalue weighted by Gasteiger charge is 2.16. The minimum Gasteiger partial charge on any atom is -0.429 e. The van der Waals surface area contributed by atoms with Gasteiger partial charge in [-0.15, -0.1) is 10.2 Å². The van der Waals surface area contributed by atoms with Crippen LogP contribution >= 0.6 is 0 Å². The number of nitrogens with zero attached hydrogens (tertiary/aromatic N) is 3. The molecule has 0 bridgehead atoms. The standard InChI is InChI=1S/C17H15F2N3O.C7H6O2/c1-22(14-5-3-2-4-6-14)11-12-7-9-13(10-8-12)16-20-21-17(23-16)15(18)19;8-6-9-7-4-2-1-3-5-7/h2-10,15H,11H2,1H3;1-6H. The maximum atomic E-state index is 12.5. The van der Waals surface area contributed by atoms with Gasteiger partial charge in [0.2, 0.25) is 5.89 Å². The number of rotatable bonds is 7. The van der Waals surface area contributed by atoms with Crippen LogP contribution in [0.5, 0.6) is 5.75 Å². The van der Waals surface area contributed by atoms with Crippen LogP contribution in [-0.2, 0) is 11.3 Å². The Kier molecular flexibility index (Phi) is 8.02. The van der Waals surface area contributed by atoms with E-state index in [0.29, 0.717) is 17.8 Å². The van der Waals surface area contributed by atoms with Crippen molar-refractivity contribution in [2.45, 2.75) is 13.0 Å². The fraction of sp³-hybridized carbons (Fsp3) is 0.125. The summed E-state index contributed by atoms with van der Waals surface area (Å²) in [6.45, 7) is 1.14. The molecule has 0 saturated carbocycles. The maximum absolute atomic E-state index is 12.5. The zero-order chi connectivity index (χ0) is 22.8. The van der Waals surface area contributed by atoms with E-state index in [4.69, 9.17) is 4.42 Å². The van der Waals surface area contributed by atoms with Gasteiger partial charge in [-0.1, -0.05) is 48.5 Å². The Balaban J connectivity index is 0.000000269. The van der Waals surface area contributed by atoms with Gasteiger partial charge in [0.15, 0.2) is 0 Å². The lowest BCUT2D eigenvalue weighted by molar-refractivity contribution is -0.120. The van der Waals surface area contributed by atoms with Crippen molar-refractivity contribution in [1.82, 2.24) is 10.2 Å². The molecule has 0 atom stereocenters. The van der Waals surface area contributed by atoms with E-state index in [2.05, 4.69) is 19.8 Å². The van der Waals surface area contributed by atoms with Crippen LogP contribution in [0.25, 0.3) is 11.5 Å². The summed E-state index contributed by atoms with van der Waals surface area (Å²) in [5.74, 6) is 0.0173. The number of hydrogen-bond acceptors (Lipinski definition) is 6. The summed E-state index contributed by atoms with van der Waals surface area (Å²) in [6, 6.07) is 26.4. The second kappa shape index (κ2) is 11.4. The molecule has 164 valence electrons. The first-order chi connectivity index (χ1) is 15.6. The van der Waals surface area contributed by atoms with Crippen molar-refractivity contribution in [2.75, 3.05) is 11.9 Å². The van der Waals surface area contributed by atoms with E-state index in [1.54, 1.807) is 36.4 Å². The zero-order valence-corrected chi connectivity index (χ0v) is 17.3. The number of carbonyl (C=O) groups is 1. The SMILES string of the molecule is CN(Cc1ccc(-c2nnc(C(F)F)o2)cc1)c1ccccc1.O=COc1ccccc1. The molecule has 0 aliphatic carbocycles. The van der Waals surface area contributed by atoms with Crippen LogP contribution < -0.4 is 9.64 Å². The molecule has 4 aromatic rings. The third kappa shape index (κ3) is 6.46. The molecule has 0 aliphatic rings. The lowest BCUT2D eigenvalue weighted by Gasteiger charge is -2.19. The molecule has 6 nitrogen and oxygen atoms in total. The number of anilines is 1. The molecule has 1 heterocycles. The number of aromatic nitrogens is 2. The Morgan fingerprint density at radius 2 is 1.56 bits per heavy atom. The Hall–Kier alpha value is -4.07. The van der Waals surface area contributed by atoms with Gasteiger partial charge in [-0.05, 0) is 42.0 Å². The molecule has 32 heavy (non-hydrogen) atoms. The van der Waals surface area contributed by atoms with Crippen LogP contribution in [0.3, 0.4) is 0 Å². The summed E-state index contributed by atoms with van der Waals surface area (Å²) in [7, 11) is 2.01. The van der Waals surface area contributed by atoms with Crippen molar-refractivity contribution in [3.05, 3.63) is 96.4 Å². The molecule has 0 radical (unpaired) electrons. The number of ether oxygens (including phenoxy) is 1. The van der Waals surface area contributed by atoms with Crippen LogP contribution in [0, 0.1) is 0 Å². The van der Waals surface area contributed by atoms with E-state index in [1.807, 2.05) is 55.6 Å². The first-order valence-electron chi connectivity index (χ1n) is 9.69. The second-order valence-corrected chi connectivity index (χ2v) is 6.66. The summed E-state index contributed by atoms with van der Waals surface area (Å²) in [4.78, 5) is 11.9. The molecule has 1 aromatic heterocycles. The van der Waals surface area contributed by atoms with Crippen molar-refractivity contribution >= 4 is 12.2 Å². The monoisotopic (exact) mass is 437 g/mol. The van der Waals surface area contributed by atoms with E-state index in [-0.39, 0.29) is 5.89 Å². The van der Waals surface area contributed by atoms with Gasteiger partial charge >= 0.3 is 6.43 Å². The van der Waals surface area contributed by atoms with Gasteiger partial charge in [0.1, 0.15) is 5.75 Å². The van der Waals surface area contributed by atoms with Gasteiger partial charge in [-0.2, -0.15) is 8.78 Å². The quantitative estimate of drug-likeness (QED) is 0.354. The summed E-state index contributed by atoms with van der Waals surface area (Å²) < 4.78 is 34.4. The summed E-state index contributed by atoms with van der Waals surface area (Å²) in [5.41, 5.74) is 2.83. The topological polar surface area (TPSA) is 68.5 Å². The van der Waals surface area contributed by atoms with E-state index in [9.17, 15) is 13.6 Å². The fourth-order valence-electron chi connectivity index (χ4n) is 2.79. The van der Waals surface area contributed by atoms with Crippen molar-refractivity contribution in [1.29, 1.82) is 0 Å². The highest BCUT2D eigenvalue weighted by Crippen LogP contribution is 2.24. The van der Waals surface area contributed by atoms with Gasteiger partial charge in [0.05, 0.1) is 0 Å². The van der Waals surface area contributed by atoms with Gasteiger partial charge in [-0.25, -0.2) is 0 Å². The van der Waals surface area contributed by atoms with Gasteiger partial charge < -0.3 is 14.1 Å². The van der Waals surface area contributed by atoms with Crippen LogP contribution in [0.15, 0.2) is 89.3 Å². The van der Waals surface area contributed by atoms with Crippen LogP contribution in [0.1, 0.15) is 17.9 Å². The molecule has 3 aromatic carbocycles. The van der Waals surface area contributed by atoms with Crippen LogP contribution in [0.2, 0.25) is 0 Å². The first-order valence-corrected chi connectivity index (χ1v) is 9.69. The lowest BCUT2D eigenvalue weighted by atomic mass is 10.1. The van der Waals surface area contributed by atoms with E-state index in [1.165, 1.54) is 0 Å². The van der Waals surface area contributed by atoms with E-state index in [0.717, 1.165) is 17.8 Å². The van der Waals surface area contributed by atoms with Crippen molar-refractivity contribution in [3.63, 3.8) is 0 Å². The Labute approximate surface area is 184 Å². The minimum absolute atomic E-state index is 0.100. The molecule has 0 saturated heterocycles. The summed E-state index contributed by atoms with van der Waals surface area (Å²) in [6.07, 6.45) is -2.75. The summed E-state index contributed by atoms with van der Waals surface area (Å²) in [5, 5.41) is 6.97. The Morgan fingerprint density at radius 3 is 2.12 bits per heavy atom. The fourth-order valence-corrected chi connectivity index (χ4v) is 2.79. The molecule has 0 unspecified atom stereocenters. The largest absolute Gasteiger partial charge is 0.429 e. The molecular weight excluding hydrogens is 416 g/mol. The average Bonchev–Trinajstić information content (AvgIpc) is 3.32. The summed E-state index contributed by atoms with van der Waals surface area (Å²) >= 11 is 0. The number of alkyl halides is 2. The minimum atomic E-state index is -2.75. The lowest BCUT2D eigenvalue weighted by Crippen LogP contribution is -2.15. The Morgan fingerprint density at radius 1 is 0.938 bits per heavy atom. The van der Waals surface area contributed by atoms with Crippen molar-refractivity contribution in [3.8, 4) is 17.2 Å². The van der Waals surface area contributed by atoms with Crippen molar-refractivity contribution < 1.29 is 22.7 Å². The highest BCUT2D eigenvalue weighted by molar-refractivity contribution is 5.53. The second-order valence-electron chi connectivity index (χ2n) is 6.66. The zero-order valence-electron chi connectivity index (χ0n) is 17.3. The first kappa shape index (κ1) is 22.6. The normalized spacial score (nSPS) is 10.2. The molecule has 4 rings (SSSR count). The molecule has 8 heteroatoms. The predicted octanol–water partition coefficient (Wildman–Crippen LogP) is 5.53. The van der Waals surface area contributed by atoms with Crippen LogP contribution in [0.4, 0.5) is 14.5 Å². The molecule has 0 spiro atoms. The molecule has 0 fully saturated rings. The number of carbonyl (C=O) groups excluding carboxylic acids is 1. The maximum Gasteiger partial charge on any atom is 0.314 e. The van der Waals surface area contributed by atoms with E-state index >= 15 is 0 Å².